The molecule has 5 heteroatoms. The maximum Gasteiger partial charge on any atom is 0.254 e. The van der Waals surface area contributed by atoms with Crippen LogP contribution in [0, 0.1) is 0 Å². The quantitative estimate of drug-likeness (QED) is 0.714. The Bertz CT molecular complexity index is 726. The highest BCUT2D eigenvalue weighted by molar-refractivity contribution is 6.30. The molecule has 26 heavy (non-hydrogen) atoms. The molecule has 0 N–H and O–H groups in total. The number of nitrogens with zero attached hydrogens (tertiary/aromatic N) is 1. The van der Waals surface area contributed by atoms with Crippen LogP contribution in [0.3, 0.4) is 0 Å². The molecule has 0 bridgehead atoms. The number of ether oxygens (including phenoxy) is 2. The first-order chi connectivity index (χ1) is 12.7. The summed E-state index contributed by atoms with van der Waals surface area (Å²) in [5.74, 6) is 0.693. The van der Waals surface area contributed by atoms with Crippen molar-refractivity contribution in [1.82, 2.24) is 4.90 Å². The van der Waals surface area contributed by atoms with Gasteiger partial charge in [0.15, 0.2) is 0 Å². The summed E-state index contributed by atoms with van der Waals surface area (Å²) < 4.78 is 11.3. The second kappa shape index (κ2) is 9.06. The van der Waals surface area contributed by atoms with Gasteiger partial charge < -0.3 is 14.4 Å². The maximum atomic E-state index is 13.1. The molecule has 4 nitrogen and oxygen atoms in total. The van der Waals surface area contributed by atoms with Gasteiger partial charge in [-0.1, -0.05) is 29.8 Å². The van der Waals surface area contributed by atoms with Crippen LogP contribution in [0.15, 0.2) is 48.5 Å². The normalized spacial score (nSPS) is 16.5. The van der Waals surface area contributed by atoms with Crippen LogP contribution in [0.1, 0.15) is 35.7 Å². The second-order valence-corrected chi connectivity index (χ2v) is 6.84. The van der Waals surface area contributed by atoms with E-state index >= 15 is 0 Å². The van der Waals surface area contributed by atoms with E-state index in [0.717, 1.165) is 25.0 Å². The molecule has 3 rings (SSSR count). The molecule has 1 fully saturated rings. The van der Waals surface area contributed by atoms with Crippen molar-refractivity contribution in [3.63, 3.8) is 0 Å². The van der Waals surface area contributed by atoms with E-state index in [1.165, 1.54) is 0 Å². The van der Waals surface area contributed by atoms with Gasteiger partial charge in [-0.25, -0.2) is 0 Å². The third-order valence-corrected chi connectivity index (χ3v) is 4.67. The first kappa shape index (κ1) is 18.7. The summed E-state index contributed by atoms with van der Waals surface area (Å²) in [4.78, 5) is 15.0. The third-order valence-electron chi connectivity index (χ3n) is 4.41. The Morgan fingerprint density at radius 2 is 2.08 bits per heavy atom. The van der Waals surface area contributed by atoms with Crippen LogP contribution < -0.4 is 4.74 Å². The van der Waals surface area contributed by atoms with Crippen LogP contribution in [0.4, 0.5) is 0 Å². The maximum absolute atomic E-state index is 13.1. The van der Waals surface area contributed by atoms with E-state index in [-0.39, 0.29) is 12.0 Å². The molecule has 0 saturated carbocycles. The number of hydrogen-bond acceptors (Lipinski definition) is 3. The van der Waals surface area contributed by atoms with Gasteiger partial charge >= 0.3 is 0 Å². The summed E-state index contributed by atoms with van der Waals surface area (Å²) in [6.07, 6.45) is 2.14. The van der Waals surface area contributed by atoms with E-state index in [1.807, 2.05) is 54.3 Å². The number of amides is 1. The van der Waals surface area contributed by atoms with Crippen molar-refractivity contribution in [3.05, 3.63) is 64.7 Å². The highest BCUT2D eigenvalue weighted by Crippen LogP contribution is 2.20. The second-order valence-electron chi connectivity index (χ2n) is 6.41. The highest BCUT2D eigenvalue weighted by atomic mass is 35.5. The third kappa shape index (κ3) is 4.99. The molecule has 1 heterocycles. The van der Waals surface area contributed by atoms with Gasteiger partial charge in [-0.05, 0) is 55.7 Å². The SMILES string of the molecule is CCOc1cccc(C(=O)N(Cc2ccc(Cl)cc2)CC2CCCO2)c1. The molecule has 1 aliphatic rings. The van der Waals surface area contributed by atoms with Gasteiger partial charge in [-0.2, -0.15) is 0 Å². The lowest BCUT2D eigenvalue weighted by molar-refractivity contribution is 0.0507. The predicted octanol–water partition coefficient (Wildman–Crippen LogP) is 4.56. The molecule has 2 aromatic carbocycles. The van der Waals surface area contributed by atoms with Gasteiger partial charge in [0, 0.05) is 30.3 Å². The Hall–Kier alpha value is -2.04. The Labute approximate surface area is 159 Å². The Morgan fingerprint density at radius 1 is 1.27 bits per heavy atom. The van der Waals surface area contributed by atoms with Crippen molar-refractivity contribution >= 4 is 17.5 Å². The summed E-state index contributed by atoms with van der Waals surface area (Å²) in [6, 6.07) is 15.0. The van der Waals surface area contributed by atoms with Crippen LogP contribution in [0.5, 0.6) is 5.75 Å². The first-order valence-corrected chi connectivity index (χ1v) is 9.41. The van der Waals surface area contributed by atoms with E-state index < -0.39 is 0 Å². The molecule has 0 radical (unpaired) electrons. The van der Waals surface area contributed by atoms with Crippen molar-refractivity contribution in [3.8, 4) is 5.75 Å². The van der Waals surface area contributed by atoms with Crippen molar-refractivity contribution in [2.24, 2.45) is 0 Å². The standard InChI is InChI=1S/C21H24ClNO3/c1-2-25-19-6-3-5-17(13-19)21(24)23(15-20-7-4-12-26-20)14-16-8-10-18(22)11-9-16/h3,5-6,8-11,13,20H,2,4,7,12,14-15H2,1H3. The number of hydrogen-bond donors (Lipinski definition) is 0. The summed E-state index contributed by atoms with van der Waals surface area (Å²) in [5.41, 5.74) is 1.67. The van der Waals surface area contributed by atoms with E-state index in [2.05, 4.69) is 0 Å². The molecule has 1 amide bonds. The summed E-state index contributed by atoms with van der Waals surface area (Å²) >= 11 is 5.98. The fourth-order valence-corrected chi connectivity index (χ4v) is 3.26. The van der Waals surface area contributed by atoms with Gasteiger partial charge in [0.25, 0.3) is 5.91 Å². The van der Waals surface area contributed by atoms with Gasteiger partial charge in [0.05, 0.1) is 12.7 Å². The summed E-state index contributed by atoms with van der Waals surface area (Å²) in [7, 11) is 0. The Balaban J connectivity index is 1.79. The molecular formula is C21H24ClNO3. The number of carbonyl (C=O) groups is 1. The Morgan fingerprint density at radius 3 is 2.77 bits per heavy atom. The number of carbonyl (C=O) groups excluding carboxylic acids is 1. The molecule has 0 spiro atoms. The van der Waals surface area contributed by atoms with Crippen LogP contribution in [-0.4, -0.2) is 36.7 Å². The van der Waals surface area contributed by atoms with Crippen molar-refractivity contribution in [1.29, 1.82) is 0 Å². The van der Waals surface area contributed by atoms with Crippen LogP contribution in [0.25, 0.3) is 0 Å². The average molecular weight is 374 g/mol. The van der Waals surface area contributed by atoms with Crippen molar-refractivity contribution in [2.75, 3.05) is 19.8 Å². The minimum Gasteiger partial charge on any atom is -0.494 e. The molecule has 1 saturated heterocycles. The van der Waals surface area contributed by atoms with Gasteiger partial charge in [0.1, 0.15) is 5.75 Å². The van der Waals surface area contributed by atoms with Crippen LogP contribution >= 0.6 is 11.6 Å². The molecule has 0 aliphatic carbocycles. The average Bonchev–Trinajstić information content (AvgIpc) is 3.16. The minimum atomic E-state index is -0.0167. The number of rotatable bonds is 7. The largest absolute Gasteiger partial charge is 0.494 e. The van der Waals surface area contributed by atoms with Crippen molar-refractivity contribution in [2.45, 2.75) is 32.4 Å². The van der Waals surface area contributed by atoms with Crippen molar-refractivity contribution < 1.29 is 14.3 Å². The van der Waals surface area contributed by atoms with E-state index in [0.29, 0.717) is 36.0 Å². The van der Waals surface area contributed by atoms with E-state index in [1.54, 1.807) is 6.07 Å². The fourth-order valence-electron chi connectivity index (χ4n) is 3.13. The lowest BCUT2D eigenvalue weighted by atomic mass is 10.1. The predicted molar refractivity (Wildman–Crippen MR) is 103 cm³/mol. The van der Waals surface area contributed by atoms with Gasteiger partial charge in [-0.15, -0.1) is 0 Å². The smallest absolute Gasteiger partial charge is 0.254 e. The summed E-state index contributed by atoms with van der Waals surface area (Å²) in [5, 5.41) is 0.690. The summed E-state index contributed by atoms with van der Waals surface area (Å²) in [6.45, 7) is 4.38. The van der Waals surface area contributed by atoms with Gasteiger partial charge in [0.2, 0.25) is 0 Å². The minimum absolute atomic E-state index is 0.0167. The molecule has 2 aromatic rings. The zero-order chi connectivity index (χ0) is 18.4. The molecule has 1 aliphatic heterocycles. The molecule has 1 atom stereocenters. The first-order valence-electron chi connectivity index (χ1n) is 9.04. The van der Waals surface area contributed by atoms with E-state index in [9.17, 15) is 4.79 Å². The van der Waals surface area contributed by atoms with Gasteiger partial charge in [-0.3, -0.25) is 4.79 Å². The van der Waals surface area contributed by atoms with E-state index in [4.69, 9.17) is 21.1 Å². The topological polar surface area (TPSA) is 38.8 Å². The molecule has 138 valence electrons. The lowest BCUT2D eigenvalue weighted by Crippen LogP contribution is -2.37. The molecule has 0 aromatic heterocycles. The zero-order valence-electron chi connectivity index (χ0n) is 15.0. The molecule has 1 unspecified atom stereocenters. The zero-order valence-corrected chi connectivity index (χ0v) is 15.7. The monoisotopic (exact) mass is 373 g/mol. The molecular weight excluding hydrogens is 350 g/mol. The highest BCUT2D eigenvalue weighted by Gasteiger charge is 2.24. The number of halogens is 1. The van der Waals surface area contributed by atoms with Crippen LogP contribution in [-0.2, 0) is 11.3 Å². The lowest BCUT2D eigenvalue weighted by Gasteiger charge is -2.26. The Kier molecular flexibility index (Phi) is 6.53. The number of benzene rings is 2. The fraction of sp³-hybridized carbons (Fsp3) is 0.381. The van der Waals surface area contributed by atoms with Crippen LogP contribution in [0.2, 0.25) is 5.02 Å².